The lowest BCUT2D eigenvalue weighted by Crippen LogP contribution is -2.47. The molecule has 0 bridgehead atoms. The van der Waals surface area contributed by atoms with Crippen LogP contribution in [0.25, 0.3) is 0 Å². The number of urea groups is 1. The Morgan fingerprint density at radius 3 is 2.43 bits per heavy atom. The third kappa shape index (κ3) is 6.55. The molecule has 2 rings (SSSR count). The van der Waals surface area contributed by atoms with E-state index in [0.29, 0.717) is 5.75 Å². The van der Waals surface area contributed by atoms with Gasteiger partial charge in [0.15, 0.2) is 12.7 Å². The predicted octanol–water partition coefficient (Wildman–Crippen LogP) is 3.06. The van der Waals surface area contributed by atoms with Crippen molar-refractivity contribution in [2.75, 3.05) is 6.61 Å². The molecule has 3 amide bonds. The highest BCUT2D eigenvalue weighted by atomic mass is 16.6. The highest BCUT2D eigenvalue weighted by molar-refractivity contribution is 5.97. The summed E-state index contributed by atoms with van der Waals surface area (Å²) >= 11 is 0. The summed E-state index contributed by atoms with van der Waals surface area (Å²) in [4.78, 5) is 35.9. The van der Waals surface area contributed by atoms with Crippen LogP contribution in [0.1, 0.15) is 58.9 Å². The Morgan fingerprint density at radius 2 is 1.79 bits per heavy atom. The molecule has 28 heavy (non-hydrogen) atoms. The van der Waals surface area contributed by atoms with E-state index in [1.807, 2.05) is 18.2 Å². The molecule has 1 saturated carbocycles. The Balaban J connectivity index is 1.79. The molecule has 0 unspecified atom stereocenters. The Kier molecular flexibility index (Phi) is 7.43. The average Bonchev–Trinajstić information content (AvgIpc) is 3.12. The molecule has 0 heterocycles. The number of amides is 3. The van der Waals surface area contributed by atoms with Crippen LogP contribution in [0.3, 0.4) is 0 Å². The largest absolute Gasteiger partial charge is 0.482 e. The molecule has 0 aliphatic heterocycles. The Morgan fingerprint density at radius 1 is 1.14 bits per heavy atom. The van der Waals surface area contributed by atoms with Crippen molar-refractivity contribution in [2.45, 2.75) is 70.9 Å². The summed E-state index contributed by atoms with van der Waals surface area (Å²) in [7, 11) is 0. The molecule has 1 aliphatic rings. The van der Waals surface area contributed by atoms with Crippen LogP contribution < -0.4 is 15.4 Å². The number of carbonyl (C=O) groups excluding carboxylic acids is 3. The molecule has 1 aliphatic carbocycles. The summed E-state index contributed by atoms with van der Waals surface area (Å²) in [5, 5.41) is 4.96. The van der Waals surface area contributed by atoms with Gasteiger partial charge >= 0.3 is 12.0 Å². The van der Waals surface area contributed by atoms with E-state index in [1.165, 1.54) is 6.92 Å². The topological polar surface area (TPSA) is 93.7 Å². The van der Waals surface area contributed by atoms with Gasteiger partial charge in [0, 0.05) is 6.04 Å². The van der Waals surface area contributed by atoms with Crippen LogP contribution in [0.2, 0.25) is 0 Å². The molecule has 154 valence electrons. The highest BCUT2D eigenvalue weighted by Crippen LogP contribution is 2.30. The first-order valence-corrected chi connectivity index (χ1v) is 9.70. The van der Waals surface area contributed by atoms with Gasteiger partial charge in [0.05, 0.1) is 0 Å². The van der Waals surface area contributed by atoms with Crippen LogP contribution in [-0.2, 0) is 19.7 Å². The average molecular weight is 390 g/mol. The SMILES string of the molecule is C[C@H](OC(=O)COc1ccccc1C(C)(C)C)C(=O)NC(=O)NC1CCCC1. The third-order valence-corrected chi connectivity index (χ3v) is 4.65. The minimum Gasteiger partial charge on any atom is -0.482 e. The zero-order chi connectivity index (χ0) is 20.7. The number of benzene rings is 1. The van der Waals surface area contributed by atoms with E-state index in [2.05, 4.69) is 31.4 Å². The van der Waals surface area contributed by atoms with Gasteiger partial charge in [0.25, 0.3) is 5.91 Å². The number of rotatable bonds is 6. The van der Waals surface area contributed by atoms with Gasteiger partial charge in [0.1, 0.15) is 5.75 Å². The summed E-state index contributed by atoms with van der Waals surface area (Å²) in [6.07, 6.45) is 2.89. The van der Waals surface area contributed by atoms with E-state index in [1.54, 1.807) is 6.07 Å². The van der Waals surface area contributed by atoms with Gasteiger partial charge in [-0.25, -0.2) is 9.59 Å². The van der Waals surface area contributed by atoms with E-state index >= 15 is 0 Å². The molecule has 0 saturated heterocycles. The van der Waals surface area contributed by atoms with E-state index in [9.17, 15) is 14.4 Å². The highest BCUT2D eigenvalue weighted by Gasteiger charge is 2.23. The van der Waals surface area contributed by atoms with Crippen LogP contribution in [0.5, 0.6) is 5.75 Å². The predicted molar refractivity (Wildman–Crippen MR) is 105 cm³/mol. The third-order valence-electron chi connectivity index (χ3n) is 4.65. The first-order valence-electron chi connectivity index (χ1n) is 9.70. The van der Waals surface area contributed by atoms with Crippen LogP contribution in [0.4, 0.5) is 4.79 Å². The van der Waals surface area contributed by atoms with Gasteiger partial charge in [-0.3, -0.25) is 10.1 Å². The Hall–Kier alpha value is -2.57. The van der Waals surface area contributed by atoms with Crippen molar-refractivity contribution in [1.82, 2.24) is 10.6 Å². The monoisotopic (exact) mass is 390 g/mol. The maximum absolute atomic E-state index is 12.0. The number of nitrogens with one attached hydrogen (secondary N) is 2. The molecule has 0 aromatic heterocycles. The maximum Gasteiger partial charge on any atom is 0.344 e. The second kappa shape index (κ2) is 9.57. The van der Waals surface area contributed by atoms with Crippen molar-refractivity contribution < 1.29 is 23.9 Å². The number of imide groups is 1. The quantitative estimate of drug-likeness (QED) is 0.728. The molecule has 1 aromatic rings. The number of para-hydroxylation sites is 1. The minimum absolute atomic E-state index is 0.0990. The number of hydrogen-bond acceptors (Lipinski definition) is 5. The normalized spacial score (nSPS) is 15.6. The minimum atomic E-state index is -1.09. The lowest BCUT2D eigenvalue weighted by Gasteiger charge is -2.22. The van der Waals surface area contributed by atoms with Gasteiger partial charge < -0.3 is 14.8 Å². The lowest BCUT2D eigenvalue weighted by molar-refractivity contribution is -0.156. The summed E-state index contributed by atoms with van der Waals surface area (Å²) in [5.41, 5.74) is 0.831. The molecule has 0 spiro atoms. The molecule has 0 radical (unpaired) electrons. The summed E-state index contributed by atoms with van der Waals surface area (Å²) in [6.45, 7) is 7.25. The van der Waals surface area contributed by atoms with Gasteiger partial charge in [-0.1, -0.05) is 51.8 Å². The number of ether oxygens (including phenoxy) is 2. The molecule has 1 aromatic carbocycles. The number of esters is 1. The van der Waals surface area contributed by atoms with Crippen molar-refractivity contribution in [2.24, 2.45) is 0 Å². The van der Waals surface area contributed by atoms with E-state index < -0.39 is 24.0 Å². The molecule has 7 heteroatoms. The van der Waals surface area contributed by atoms with Crippen molar-refractivity contribution >= 4 is 17.9 Å². The second-order valence-corrected chi connectivity index (χ2v) is 8.11. The molecule has 1 fully saturated rings. The van der Waals surface area contributed by atoms with Gasteiger partial charge in [-0.05, 0) is 36.8 Å². The zero-order valence-corrected chi connectivity index (χ0v) is 17.0. The molecular formula is C21H30N2O5. The first-order chi connectivity index (χ1) is 13.2. The molecule has 1 atom stereocenters. The van der Waals surface area contributed by atoms with Crippen molar-refractivity contribution in [3.05, 3.63) is 29.8 Å². The van der Waals surface area contributed by atoms with Crippen LogP contribution >= 0.6 is 0 Å². The fourth-order valence-corrected chi connectivity index (χ4v) is 3.14. The summed E-state index contributed by atoms with van der Waals surface area (Å²) < 4.78 is 10.7. The van der Waals surface area contributed by atoms with E-state index in [-0.39, 0.29) is 18.1 Å². The van der Waals surface area contributed by atoms with Crippen LogP contribution in [0.15, 0.2) is 24.3 Å². The summed E-state index contributed by atoms with van der Waals surface area (Å²) in [6, 6.07) is 7.01. The zero-order valence-electron chi connectivity index (χ0n) is 17.0. The maximum atomic E-state index is 12.0. The fourth-order valence-electron chi connectivity index (χ4n) is 3.14. The van der Waals surface area contributed by atoms with Crippen LogP contribution in [0, 0.1) is 0 Å². The molecular weight excluding hydrogens is 360 g/mol. The molecule has 2 N–H and O–H groups in total. The standard InChI is InChI=1S/C21H30N2O5/c1-14(19(25)23-20(26)22-15-9-5-6-10-15)28-18(24)13-27-17-12-8-7-11-16(17)21(2,3)4/h7-8,11-12,14-15H,5-6,9-10,13H2,1-4H3,(H2,22,23,25,26)/t14-/m0/s1. The van der Waals surface area contributed by atoms with Gasteiger partial charge in [0.2, 0.25) is 0 Å². The van der Waals surface area contributed by atoms with Crippen molar-refractivity contribution in [3.63, 3.8) is 0 Å². The first kappa shape index (κ1) is 21.7. The van der Waals surface area contributed by atoms with E-state index in [0.717, 1.165) is 31.2 Å². The Bertz CT molecular complexity index is 705. The number of hydrogen-bond donors (Lipinski definition) is 2. The Labute approximate surface area is 166 Å². The molecule has 7 nitrogen and oxygen atoms in total. The smallest absolute Gasteiger partial charge is 0.344 e. The van der Waals surface area contributed by atoms with Gasteiger partial charge in [-0.2, -0.15) is 0 Å². The number of carbonyl (C=O) groups is 3. The fraction of sp³-hybridized carbons (Fsp3) is 0.571. The van der Waals surface area contributed by atoms with E-state index in [4.69, 9.17) is 9.47 Å². The van der Waals surface area contributed by atoms with Gasteiger partial charge in [-0.15, -0.1) is 0 Å². The van der Waals surface area contributed by atoms with Crippen molar-refractivity contribution in [1.29, 1.82) is 0 Å². The summed E-state index contributed by atoms with van der Waals surface area (Å²) in [5.74, 6) is -0.749. The second-order valence-electron chi connectivity index (χ2n) is 8.11. The van der Waals surface area contributed by atoms with Crippen molar-refractivity contribution in [3.8, 4) is 5.75 Å². The lowest BCUT2D eigenvalue weighted by atomic mass is 9.86. The van der Waals surface area contributed by atoms with Crippen LogP contribution in [-0.4, -0.2) is 36.7 Å².